The largest absolute Gasteiger partial charge is 0.467 e. The second-order valence-electron chi connectivity index (χ2n) is 4.72. The molecule has 22 heavy (non-hydrogen) atoms. The number of amides is 2. The molecule has 0 aliphatic heterocycles. The van der Waals surface area contributed by atoms with Gasteiger partial charge in [0, 0.05) is 10.5 Å². The van der Waals surface area contributed by atoms with Crippen molar-refractivity contribution in [3.63, 3.8) is 0 Å². The van der Waals surface area contributed by atoms with Crippen LogP contribution in [0.4, 0.5) is 0 Å². The van der Waals surface area contributed by atoms with Crippen LogP contribution in [-0.2, 0) is 11.3 Å². The van der Waals surface area contributed by atoms with Gasteiger partial charge in [-0.15, -0.1) is 11.8 Å². The molecule has 2 aromatic rings. The quantitative estimate of drug-likeness (QED) is 0.802. The summed E-state index contributed by atoms with van der Waals surface area (Å²) >= 11 is 1.57. The zero-order valence-corrected chi connectivity index (χ0v) is 13.3. The molecule has 1 heterocycles. The second kappa shape index (κ2) is 7.70. The molecular formula is C16H18N2O3S. The number of carbonyl (C=O) groups excluding carboxylic acids is 2. The number of benzene rings is 1. The topological polar surface area (TPSA) is 71.3 Å². The zero-order chi connectivity index (χ0) is 15.9. The van der Waals surface area contributed by atoms with E-state index in [-0.39, 0.29) is 18.4 Å². The van der Waals surface area contributed by atoms with Crippen LogP contribution >= 0.6 is 11.8 Å². The third kappa shape index (κ3) is 4.39. The van der Waals surface area contributed by atoms with E-state index in [1.54, 1.807) is 30.2 Å². The molecule has 0 aliphatic carbocycles. The van der Waals surface area contributed by atoms with Crippen LogP contribution in [0.3, 0.4) is 0 Å². The molecule has 0 fully saturated rings. The van der Waals surface area contributed by atoms with Crippen molar-refractivity contribution in [3.05, 3.63) is 53.5 Å². The van der Waals surface area contributed by atoms with Crippen molar-refractivity contribution >= 4 is 23.6 Å². The summed E-state index contributed by atoms with van der Waals surface area (Å²) in [5, 5.41) is 5.31. The lowest BCUT2D eigenvalue weighted by atomic mass is 10.1. The molecule has 0 spiro atoms. The Balaban J connectivity index is 1.85. The lowest BCUT2D eigenvalue weighted by Gasteiger charge is -2.09. The van der Waals surface area contributed by atoms with Gasteiger partial charge in [0.05, 0.1) is 19.4 Å². The number of nitrogens with one attached hydrogen (secondary N) is 2. The van der Waals surface area contributed by atoms with E-state index in [0.29, 0.717) is 17.9 Å². The van der Waals surface area contributed by atoms with E-state index in [9.17, 15) is 9.59 Å². The highest BCUT2D eigenvalue weighted by Gasteiger charge is 2.11. The van der Waals surface area contributed by atoms with Crippen molar-refractivity contribution < 1.29 is 14.0 Å². The highest BCUT2D eigenvalue weighted by molar-refractivity contribution is 7.98. The molecule has 0 unspecified atom stereocenters. The molecule has 2 amide bonds. The summed E-state index contributed by atoms with van der Waals surface area (Å²) in [6, 6.07) is 9.22. The monoisotopic (exact) mass is 318 g/mol. The minimum absolute atomic E-state index is 0.0670. The van der Waals surface area contributed by atoms with Crippen LogP contribution in [0.5, 0.6) is 0 Å². The first kappa shape index (κ1) is 16.2. The van der Waals surface area contributed by atoms with Crippen molar-refractivity contribution in [2.75, 3.05) is 12.8 Å². The Morgan fingerprint density at radius 3 is 2.73 bits per heavy atom. The number of rotatable bonds is 6. The van der Waals surface area contributed by atoms with Gasteiger partial charge in [-0.1, -0.05) is 6.07 Å². The predicted octanol–water partition coefficient (Wildman–Crippen LogP) is 2.36. The average Bonchev–Trinajstić information content (AvgIpc) is 3.04. The minimum Gasteiger partial charge on any atom is -0.467 e. The number of carbonyl (C=O) groups is 2. The minimum atomic E-state index is -0.261. The Kier molecular flexibility index (Phi) is 5.66. The summed E-state index contributed by atoms with van der Waals surface area (Å²) in [4.78, 5) is 24.9. The fraction of sp³-hybridized carbons (Fsp3) is 0.250. The summed E-state index contributed by atoms with van der Waals surface area (Å²) in [5.41, 5.74) is 1.47. The van der Waals surface area contributed by atoms with Crippen LogP contribution in [0.2, 0.25) is 0 Å². The van der Waals surface area contributed by atoms with Crippen LogP contribution < -0.4 is 10.6 Å². The van der Waals surface area contributed by atoms with Crippen LogP contribution in [0.15, 0.2) is 45.9 Å². The van der Waals surface area contributed by atoms with Gasteiger partial charge in [-0.25, -0.2) is 0 Å². The molecule has 2 N–H and O–H groups in total. The summed E-state index contributed by atoms with van der Waals surface area (Å²) in [7, 11) is 0. The molecule has 0 radical (unpaired) electrons. The molecule has 1 aromatic heterocycles. The molecule has 2 rings (SSSR count). The lowest BCUT2D eigenvalue weighted by Crippen LogP contribution is -2.36. The fourth-order valence-electron chi connectivity index (χ4n) is 1.89. The Morgan fingerprint density at radius 1 is 1.23 bits per heavy atom. The molecule has 116 valence electrons. The van der Waals surface area contributed by atoms with E-state index in [0.717, 1.165) is 10.5 Å². The molecule has 0 bridgehead atoms. The number of thioether (sulfide) groups is 1. The van der Waals surface area contributed by atoms with E-state index >= 15 is 0 Å². The zero-order valence-electron chi connectivity index (χ0n) is 12.5. The molecule has 0 saturated heterocycles. The Morgan fingerprint density at radius 2 is 2.05 bits per heavy atom. The first-order chi connectivity index (χ1) is 10.6. The van der Waals surface area contributed by atoms with E-state index in [1.807, 2.05) is 31.4 Å². The Labute approximate surface area is 133 Å². The van der Waals surface area contributed by atoms with Gasteiger partial charge in [0.25, 0.3) is 5.91 Å². The highest BCUT2D eigenvalue weighted by atomic mass is 32.2. The fourth-order valence-corrected chi connectivity index (χ4v) is 2.33. The van der Waals surface area contributed by atoms with Crippen LogP contribution in [0.25, 0.3) is 0 Å². The third-order valence-electron chi connectivity index (χ3n) is 3.14. The first-order valence-electron chi connectivity index (χ1n) is 6.82. The van der Waals surface area contributed by atoms with E-state index in [1.165, 1.54) is 0 Å². The maximum Gasteiger partial charge on any atom is 0.252 e. The third-order valence-corrected chi connectivity index (χ3v) is 3.86. The van der Waals surface area contributed by atoms with Gasteiger partial charge in [-0.05, 0) is 43.0 Å². The van der Waals surface area contributed by atoms with E-state index in [4.69, 9.17) is 4.42 Å². The smallest absolute Gasteiger partial charge is 0.252 e. The van der Waals surface area contributed by atoms with Gasteiger partial charge in [0.15, 0.2) is 0 Å². The normalized spacial score (nSPS) is 10.3. The van der Waals surface area contributed by atoms with Gasteiger partial charge in [-0.2, -0.15) is 0 Å². The van der Waals surface area contributed by atoms with Gasteiger partial charge in [0.2, 0.25) is 5.91 Å². The number of hydrogen-bond donors (Lipinski definition) is 2. The van der Waals surface area contributed by atoms with Gasteiger partial charge in [-0.3, -0.25) is 9.59 Å². The molecule has 0 aliphatic rings. The van der Waals surface area contributed by atoms with Gasteiger partial charge < -0.3 is 15.1 Å². The number of hydrogen-bond acceptors (Lipinski definition) is 4. The standard InChI is InChI=1S/C16H18N2O3S/c1-11-5-6-13(22-2)8-14(11)16(20)18-10-15(19)17-9-12-4-3-7-21-12/h3-8H,9-10H2,1-2H3,(H,17,19)(H,18,20). The Hall–Kier alpha value is -2.21. The maximum absolute atomic E-state index is 12.2. The molecular weight excluding hydrogens is 300 g/mol. The second-order valence-corrected chi connectivity index (χ2v) is 5.60. The lowest BCUT2D eigenvalue weighted by molar-refractivity contribution is -0.120. The van der Waals surface area contributed by atoms with Crippen molar-refractivity contribution in [1.82, 2.24) is 10.6 Å². The first-order valence-corrected chi connectivity index (χ1v) is 8.04. The highest BCUT2D eigenvalue weighted by Crippen LogP contribution is 2.18. The maximum atomic E-state index is 12.2. The van der Waals surface area contributed by atoms with Crippen molar-refractivity contribution in [1.29, 1.82) is 0 Å². The van der Waals surface area contributed by atoms with Crippen molar-refractivity contribution in [2.24, 2.45) is 0 Å². The van der Waals surface area contributed by atoms with Crippen LogP contribution in [0.1, 0.15) is 21.7 Å². The summed E-state index contributed by atoms with van der Waals surface area (Å²) in [5.74, 6) is 0.160. The van der Waals surface area contributed by atoms with Crippen molar-refractivity contribution in [2.45, 2.75) is 18.4 Å². The number of aryl methyl sites for hydroxylation is 1. The molecule has 1 aromatic carbocycles. The van der Waals surface area contributed by atoms with Gasteiger partial charge in [0.1, 0.15) is 5.76 Å². The Bertz CT molecular complexity index is 653. The average molecular weight is 318 g/mol. The predicted molar refractivity (Wildman–Crippen MR) is 85.8 cm³/mol. The SMILES string of the molecule is CSc1ccc(C)c(C(=O)NCC(=O)NCc2ccco2)c1. The molecule has 0 saturated carbocycles. The molecule has 5 nitrogen and oxygen atoms in total. The van der Waals surface area contributed by atoms with E-state index < -0.39 is 0 Å². The van der Waals surface area contributed by atoms with Crippen LogP contribution in [-0.4, -0.2) is 24.6 Å². The van der Waals surface area contributed by atoms with E-state index in [2.05, 4.69) is 10.6 Å². The van der Waals surface area contributed by atoms with Crippen LogP contribution in [0, 0.1) is 6.92 Å². The molecule has 0 atom stereocenters. The van der Waals surface area contributed by atoms with Gasteiger partial charge >= 0.3 is 0 Å². The summed E-state index contributed by atoms with van der Waals surface area (Å²) in [6.07, 6.45) is 3.50. The number of furan rings is 1. The molecule has 6 heteroatoms. The summed E-state index contributed by atoms with van der Waals surface area (Å²) < 4.78 is 5.12. The van der Waals surface area contributed by atoms with Crippen molar-refractivity contribution in [3.8, 4) is 0 Å². The summed E-state index contributed by atoms with van der Waals surface area (Å²) in [6.45, 7) is 2.11.